The zero-order chi connectivity index (χ0) is 18.1. The van der Waals surface area contributed by atoms with Crippen molar-refractivity contribution in [2.24, 2.45) is 0 Å². The zero-order valence-electron chi connectivity index (χ0n) is 15.6. The quantitative estimate of drug-likeness (QED) is 0.825. The van der Waals surface area contributed by atoms with Crippen LogP contribution in [0.15, 0.2) is 35.7 Å². The van der Waals surface area contributed by atoms with E-state index in [1.807, 2.05) is 25.2 Å². The van der Waals surface area contributed by atoms with E-state index in [0.29, 0.717) is 0 Å². The van der Waals surface area contributed by atoms with Crippen molar-refractivity contribution in [2.45, 2.75) is 50.6 Å². The first-order valence-corrected chi connectivity index (χ1v) is 10.5. The molecule has 2 fully saturated rings. The molecule has 5 heteroatoms. The van der Waals surface area contributed by atoms with E-state index in [0.717, 1.165) is 45.3 Å². The summed E-state index contributed by atoms with van der Waals surface area (Å²) < 4.78 is 0. The Bertz CT molecular complexity index is 765. The number of carbonyl (C=O) groups excluding carboxylic acids is 1. The van der Waals surface area contributed by atoms with Crippen LogP contribution in [0.4, 0.5) is 0 Å². The third kappa shape index (κ3) is 3.19. The fraction of sp³-hybridized carbons (Fsp3) is 0.524. The van der Waals surface area contributed by atoms with E-state index in [4.69, 9.17) is 4.98 Å². The molecule has 1 aromatic heterocycles. The van der Waals surface area contributed by atoms with Crippen molar-refractivity contribution in [2.75, 3.05) is 20.1 Å². The molecule has 0 N–H and O–H groups in total. The largest absolute Gasteiger partial charge is 0.339 e. The normalized spacial score (nSPS) is 23.1. The molecular formula is C21H27N3OS. The van der Waals surface area contributed by atoms with E-state index in [2.05, 4.69) is 34.2 Å². The molecule has 4 nitrogen and oxygen atoms in total. The fourth-order valence-electron chi connectivity index (χ4n) is 4.50. The van der Waals surface area contributed by atoms with Crippen molar-refractivity contribution >= 4 is 17.2 Å². The maximum atomic E-state index is 12.9. The van der Waals surface area contributed by atoms with Gasteiger partial charge >= 0.3 is 0 Å². The van der Waals surface area contributed by atoms with Crippen molar-refractivity contribution in [1.82, 2.24) is 14.8 Å². The van der Waals surface area contributed by atoms with Crippen molar-refractivity contribution in [1.29, 1.82) is 0 Å². The van der Waals surface area contributed by atoms with E-state index >= 15 is 0 Å². The number of hydrogen-bond donors (Lipinski definition) is 0. The highest BCUT2D eigenvalue weighted by atomic mass is 32.1. The van der Waals surface area contributed by atoms with Gasteiger partial charge in [0.15, 0.2) is 0 Å². The van der Waals surface area contributed by atoms with Gasteiger partial charge in [0.25, 0.3) is 0 Å². The lowest BCUT2D eigenvalue weighted by atomic mass is 9.81. The molecule has 0 unspecified atom stereocenters. The molecule has 2 saturated heterocycles. The predicted molar refractivity (Wildman–Crippen MR) is 105 cm³/mol. The summed E-state index contributed by atoms with van der Waals surface area (Å²) in [4.78, 5) is 22.1. The lowest BCUT2D eigenvalue weighted by Crippen LogP contribution is -2.51. The average Bonchev–Trinajstić information content (AvgIpc) is 3.23. The van der Waals surface area contributed by atoms with Crippen LogP contribution in [-0.2, 0) is 17.8 Å². The lowest BCUT2D eigenvalue weighted by Gasteiger charge is -2.43. The van der Waals surface area contributed by atoms with Gasteiger partial charge < -0.3 is 4.90 Å². The number of rotatable bonds is 4. The summed E-state index contributed by atoms with van der Waals surface area (Å²) in [7, 11) is 2.01. The van der Waals surface area contributed by atoms with Gasteiger partial charge in [-0.3, -0.25) is 9.69 Å². The van der Waals surface area contributed by atoms with Crippen molar-refractivity contribution in [3.05, 3.63) is 52.0 Å². The van der Waals surface area contributed by atoms with Crippen LogP contribution in [0.2, 0.25) is 0 Å². The van der Waals surface area contributed by atoms with Gasteiger partial charge in [0, 0.05) is 37.6 Å². The summed E-state index contributed by atoms with van der Waals surface area (Å²) in [6.07, 6.45) is 4.09. The fourth-order valence-corrected chi connectivity index (χ4v) is 5.23. The number of nitrogens with zero attached hydrogens (tertiary/aromatic N) is 3. The van der Waals surface area contributed by atoms with Gasteiger partial charge in [-0.25, -0.2) is 4.98 Å². The van der Waals surface area contributed by atoms with Crippen LogP contribution in [0, 0.1) is 0 Å². The Morgan fingerprint density at radius 1 is 1.23 bits per heavy atom. The van der Waals surface area contributed by atoms with Crippen LogP contribution >= 0.6 is 11.3 Å². The molecule has 0 radical (unpaired) electrons. The molecule has 2 aromatic rings. The van der Waals surface area contributed by atoms with Gasteiger partial charge in [-0.05, 0) is 31.2 Å². The van der Waals surface area contributed by atoms with Gasteiger partial charge in [-0.1, -0.05) is 37.3 Å². The number of piperidine rings is 1. The summed E-state index contributed by atoms with van der Waals surface area (Å²) in [6.45, 7) is 5.17. The molecule has 4 rings (SSSR count). The summed E-state index contributed by atoms with van der Waals surface area (Å²) in [5.74, 6) is 0.315. The number of likely N-dealkylation sites (tertiary alicyclic amines) is 2. The highest BCUT2D eigenvalue weighted by Gasteiger charge is 2.50. The first-order valence-electron chi connectivity index (χ1n) is 9.59. The molecule has 26 heavy (non-hydrogen) atoms. The van der Waals surface area contributed by atoms with Crippen molar-refractivity contribution in [3.8, 4) is 0 Å². The van der Waals surface area contributed by atoms with Crippen LogP contribution in [0.1, 0.15) is 48.4 Å². The van der Waals surface area contributed by atoms with Crippen LogP contribution in [0.3, 0.4) is 0 Å². The molecule has 1 amide bonds. The molecular weight excluding hydrogens is 342 g/mol. The van der Waals surface area contributed by atoms with E-state index in [-0.39, 0.29) is 17.4 Å². The first kappa shape index (κ1) is 17.7. The second-order valence-corrected chi connectivity index (χ2v) is 8.59. The Labute approximate surface area is 159 Å². The van der Waals surface area contributed by atoms with Gasteiger partial charge in [-0.2, -0.15) is 0 Å². The summed E-state index contributed by atoms with van der Waals surface area (Å²) in [5, 5.41) is 3.42. The molecule has 0 aliphatic carbocycles. The van der Waals surface area contributed by atoms with E-state index in [1.54, 1.807) is 11.3 Å². The number of amides is 1. The molecule has 0 saturated carbocycles. The third-order valence-electron chi connectivity index (χ3n) is 6.20. The van der Waals surface area contributed by atoms with Crippen molar-refractivity contribution in [3.63, 3.8) is 0 Å². The minimum absolute atomic E-state index is 0.0263. The average molecular weight is 370 g/mol. The monoisotopic (exact) mass is 369 g/mol. The maximum Gasteiger partial charge on any atom is 0.230 e. The first-order chi connectivity index (χ1) is 12.6. The third-order valence-corrected chi connectivity index (χ3v) is 7.24. The Morgan fingerprint density at radius 3 is 2.62 bits per heavy atom. The number of benzene rings is 1. The molecule has 138 valence electrons. The highest BCUT2D eigenvalue weighted by Crippen LogP contribution is 2.44. The second-order valence-electron chi connectivity index (χ2n) is 7.65. The smallest absolute Gasteiger partial charge is 0.230 e. The van der Waals surface area contributed by atoms with Gasteiger partial charge in [0.05, 0.1) is 16.6 Å². The number of aromatic nitrogens is 1. The Kier molecular flexibility index (Phi) is 4.84. The predicted octanol–water partition coefficient (Wildman–Crippen LogP) is 3.69. The Hall–Kier alpha value is -1.72. The topological polar surface area (TPSA) is 36.4 Å². The molecule has 3 heterocycles. The molecule has 0 bridgehead atoms. The number of likely N-dealkylation sites (N-methyl/N-ethyl adjacent to an activating group) is 1. The Balaban J connectivity index is 1.42. The molecule has 1 spiro atoms. The van der Waals surface area contributed by atoms with Crippen LogP contribution in [0.5, 0.6) is 0 Å². The summed E-state index contributed by atoms with van der Waals surface area (Å²) in [5.41, 5.74) is 2.39. The number of thiazole rings is 1. The van der Waals surface area contributed by atoms with E-state index in [9.17, 15) is 4.79 Å². The minimum atomic E-state index is 0.0263. The van der Waals surface area contributed by atoms with Crippen LogP contribution in [0.25, 0.3) is 0 Å². The van der Waals surface area contributed by atoms with Gasteiger partial charge in [-0.15, -0.1) is 11.3 Å². The molecule has 1 aromatic carbocycles. The molecule has 1 atom stereocenters. The van der Waals surface area contributed by atoms with Gasteiger partial charge in [0.1, 0.15) is 0 Å². The van der Waals surface area contributed by atoms with E-state index < -0.39 is 0 Å². The standard InChI is InChI=1S/C21H27N3OS/c1-3-19-22-17(15-26-19)14-24-11-9-21(10-12-24)13-18(20(25)23(21)2)16-7-5-4-6-8-16/h4-8,15,18H,3,9-14H2,1-2H3/t18-/m0/s1. The Morgan fingerprint density at radius 2 is 1.96 bits per heavy atom. The molecule has 2 aliphatic rings. The zero-order valence-corrected chi connectivity index (χ0v) is 16.5. The van der Waals surface area contributed by atoms with Crippen LogP contribution < -0.4 is 0 Å². The summed E-state index contributed by atoms with van der Waals surface area (Å²) >= 11 is 1.76. The second kappa shape index (κ2) is 7.12. The number of hydrogen-bond acceptors (Lipinski definition) is 4. The van der Waals surface area contributed by atoms with Crippen molar-refractivity contribution < 1.29 is 4.79 Å². The number of carbonyl (C=O) groups is 1. The van der Waals surface area contributed by atoms with Crippen LogP contribution in [-0.4, -0.2) is 46.4 Å². The van der Waals surface area contributed by atoms with E-state index in [1.165, 1.54) is 16.3 Å². The van der Waals surface area contributed by atoms with Gasteiger partial charge in [0.2, 0.25) is 5.91 Å². The number of aryl methyl sites for hydroxylation is 1. The SMILES string of the molecule is CCc1nc(CN2CCC3(CC2)C[C@@H](c2ccccc2)C(=O)N3C)cs1. The maximum absolute atomic E-state index is 12.9. The highest BCUT2D eigenvalue weighted by molar-refractivity contribution is 7.09. The minimum Gasteiger partial charge on any atom is -0.339 e. The summed E-state index contributed by atoms with van der Waals surface area (Å²) in [6, 6.07) is 10.3. The molecule has 2 aliphatic heterocycles. The lowest BCUT2D eigenvalue weighted by molar-refractivity contribution is -0.131.